The van der Waals surface area contributed by atoms with Crippen LogP contribution in [0.5, 0.6) is 0 Å². The Kier molecular flexibility index (Phi) is 7.03. The quantitative estimate of drug-likeness (QED) is 0.302. The fourth-order valence-corrected chi connectivity index (χ4v) is 1.13. The number of ether oxygens (including phenoxy) is 3. The van der Waals surface area contributed by atoms with E-state index in [2.05, 4.69) is 6.58 Å². The molecule has 17 heavy (non-hydrogen) atoms. The lowest BCUT2D eigenvalue weighted by Gasteiger charge is -2.29. The molecule has 0 saturated heterocycles. The first kappa shape index (κ1) is 16.1. The average Bonchev–Trinajstić information content (AvgIpc) is 2.23. The van der Waals surface area contributed by atoms with Crippen LogP contribution in [0.15, 0.2) is 12.2 Å². The standard InChI is InChI=1S/C12H22O5/c1-9(2)11(14)15-6-7-16-12(5,8-13)17-10(3)4/h10,13H,1,6-8H2,2-5H3. The molecule has 0 fully saturated rings. The Balaban J connectivity index is 3.92. The first-order valence-electron chi connectivity index (χ1n) is 5.56. The van der Waals surface area contributed by atoms with E-state index in [9.17, 15) is 4.79 Å². The van der Waals surface area contributed by atoms with Gasteiger partial charge in [0.2, 0.25) is 0 Å². The van der Waals surface area contributed by atoms with Crippen LogP contribution < -0.4 is 0 Å². The lowest BCUT2D eigenvalue weighted by Crippen LogP contribution is -2.39. The number of aliphatic hydroxyl groups is 1. The maximum absolute atomic E-state index is 11.1. The van der Waals surface area contributed by atoms with Gasteiger partial charge in [-0.05, 0) is 27.7 Å². The van der Waals surface area contributed by atoms with Crippen LogP contribution in [0.1, 0.15) is 27.7 Å². The van der Waals surface area contributed by atoms with Gasteiger partial charge in [0, 0.05) is 5.57 Å². The summed E-state index contributed by atoms with van der Waals surface area (Å²) in [5.74, 6) is -1.52. The van der Waals surface area contributed by atoms with Gasteiger partial charge in [-0.15, -0.1) is 0 Å². The number of carbonyl (C=O) groups excluding carboxylic acids is 1. The highest BCUT2D eigenvalue weighted by Crippen LogP contribution is 2.14. The maximum Gasteiger partial charge on any atom is 0.333 e. The molecule has 0 saturated carbocycles. The number of esters is 1. The first-order chi connectivity index (χ1) is 7.80. The van der Waals surface area contributed by atoms with Gasteiger partial charge in [-0.25, -0.2) is 4.79 Å². The van der Waals surface area contributed by atoms with Crippen LogP contribution in [0.4, 0.5) is 0 Å². The summed E-state index contributed by atoms with van der Waals surface area (Å²) in [5, 5.41) is 9.16. The van der Waals surface area contributed by atoms with Crippen molar-refractivity contribution in [2.24, 2.45) is 0 Å². The number of hydrogen-bond donors (Lipinski definition) is 1. The summed E-state index contributed by atoms with van der Waals surface area (Å²) in [5.41, 5.74) is 0.341. The van der Waals surface area contributed by atoms with Gasteiger partial charge in [-0.2, -0.15) is 0 Å². The molecule has 0 aliphatic heterocycles. The van der Waals surface area contributed by atoms with Crippen molar-refractivity contribution in [1.82, 2.24) is 0 Å². The van der Waals surface area contributed by atoms with E-state index in [1.807, 2.05) is 13.8 Å². The average molecular weight is 246 g/mol. The number of hydrogen-bond acceptors (Lipinski definition) is 5. The fourth-order valence-electron chi connectivity index (χ4n) is 1.13. The van der Waals surface area contributed by atoms with Gasteiger partial charge in [0.15, 0.2) is 5.79 Å². The molecule has 0 bridgehead atoms. The summed E-state index contributed by atoms with van der Waals surface area (Å²) < 4.78 is 15.6. The minimum Gasteiger partial charge on any atom is -0.460 e. The monoisotopic (exact) mass is 246 g/mol. The molecule has 1 N–H and O–H groups in total. The largest absolute Gasteiger partial charge is 0.460 e. The lowest BCUT2D eigenvalue weighted by molar-refractivity contribution is -0.261. The topological polar surface area (TPSA) is 65.0 Å². The minimum atomic E-state index is -1.07. The van der Waals surface area contributed by atoms with Gasteiger partial charge in [-0.3, -0.25) is 0 Å². The van der Waals surface area contributed by atoms with Crippen LogP contribution in [0, 0.1) is 0 Å². The third-order valence-electron chi connectivity index (χ3n) is 1.84. The zero-order valence-corrected chi connectivity index (χ0v) is 11.0. The molecule has 0 aromatic carbocycles. The minimum absolute atomic E-state index is 0.0647. The van der Waals surface area contributed by atoms with E-state index < -0.39 is 11.8 Å². The maximum atomic E-state index is 11.1. The van der Waals surface area contributed by atoms with Crippen LogP contribution in [-0.2, 0) is 19.0 Å². The van der Waals surface area contributed by atoms with Crippen molar-refractivity contribution in [2.75, 3.05) is 19.8 Å². The van der Waals surface area contributed by atoms with Gasteiger partial charge < -0.3 is 19.3 Å². The smallest absolute Gasteiger partial charge is 0.333 e. The first-order valence-corrected chi connectivity index (χ1v) is 5.56. The highest BCUT2D eigenvalue weighted by Gasteiger charge is 2.26. The van der Waals surface area contributed by atoms with Crippen molar-refractivity contribution in [3.8, 4) is 0 Å². The van der Waals surface area contributed by atoms with Gasteiger partial charge in [0.05, 0.1) is 19.3 Å². The molecular weight excluding hydrogens is 224 g/mol. The van der Waals surface area contributed by atoms with Crippen molar-refractivity contribution in [3.63, 3.8) is 0 Å². The van der Waals surface area contributed by atoms with Crippen molar-refractivity contribution in [2.45, 2.75) is 39.6 Å². The molecule has 0 aliphatic carbocycles. The Labute approximate surface area is 102 Å². The van der Waals surface area contributed by atoms with Crippen LogP contribution in [0.3, 0.4) is 0 Å². The van der Waals surface area contributed by atoms with Crippen molar-refractivity contribution in [1.29, 1.82) is 0 Å². The zero-order valence-electron chi connectivity index (χ0n) is 11.0. The highest BCUT2D eigenvalue weighted by molar-refractivity contribution is 5.86. The Bertz CT molecular complexity index is 262. The summed E-state index contributed by atoms with van der Waals surface area (Å²) in [6.07, 6.45) is -0.0647. The van der Waals surface area contributed by atoms with Gasteiger partial charge >= 0.3 is 5.97 Å². The third kappa shape index (κ3) is 7.10. The van der Waals surface area contributed by atoms with Crippen molar-refractivity contribution >= 4 is 5.97 Å². The molecule has 100 valence electrons. The second kappa shape index (κ2) is 7.42. The predicted molar refractivity (Wildman–Crippen MR) is 63.4 cm³/mol. The van der Waals surface area contributed by atoms with Crippen LogP contribution in [-0.4, -0.2) is 42.8 Å². The molecule has 0 aromatic rings. The molecule has 0 amide bonds. The predicted octanol–water partition coefficient (Wildman–Crippen LogP) is 1.26. The number of aliphatic hydroxyl groups excluding tert-OH is 1. The van der Waals surface area contributed by atoms with E-state index in [0.717, 1.165) is 0 Å². The Morgan fingerprint density at radius 1 is 1.41 bits per heavy atom. The van der Waals surface area contributed by atoms with Crippen LogP contribution >= 0.6 is 0 Å². The molecule has 5 nitrogen and oxygen atoms in total. The molecule has 1 unspecified atom stereocenters. The highest BCUT2D eigenvalue weighted by atomic mass is 16.7. The van der Waals surface area contributed by atoms with Crippen molar-refractivity contribution < 1.29 is 24.1 Å². The van der Waals surface area contributed by atoms with E-state index in [1.54, 1.807) is 13.8 Å². The molecule has 0 aromatic heterocycles. The summed E-state index contributed by atoms with van der Waals surface area (Å²) in [6.45, 7) is 10.3. The molecule has 0 radical (unpaired) electrons. The Hall–Kier alpha value is -0.910. The Morgan fingerprint density at radius 2 is 2.00 bits per heavy atom. The molecule has 0 heterocycles. The molecule has 0 aliphatic rings. The normalized spacial score (nSPS) is 14.5. The Morgan fingerprint density at radius 3 is 2.41 bits per heavy atom. The molecular formula is C12H22O5. The summed E-state index contributed by atoms with van der Waals surface area (Å²) in [4.78, 5) is 11.1. The lowest BCUT2D eigenvalue weighted by atomic mass is 10.3. The summed E-state index contributed by atoms with van der Waals surface area (Å²) in [6, 6.07) is 0. The third-order valence-corrected chi connectivity index (χ3v) is 1.84. The van der Waals surface area contributed by atoms with Crippen LogP contribution in [0.25, 0.3) is 0 Å². The molecule has 1 atom stereocenters. The number of rotatable bonds is 8. The van der Waals surface area contributed by atoms with E-state index in [4.69, 9.17) is 19.3 Å². The fraction of sp³-hybridized carbons (Fsp3) is 0.750. The van der Waals surface area contributed by atoms with Gasteiger partial charge in [0.25, 0.3) is 0 Å². The van der Waals surface area contributed by atoms with Gasteiger partial charge in [-0.1, -0.05) is 6.58 Å². The van der Waals surface area contributed by atoms with Crippen LogP contribution in [0.2, 0.25) is 0 Å². The summed E-state index contributed by atoms with van der Waals surface area (Å²) >= 11 is 0. The van der Waals surface area contributed by atoms with Crippen molar-refractivity contribution in [3.05, 3.63) is 12.2 Å². The number of carbonyl (C=O) groups is 1. The molecule has 0 rings (SSSR count). The second-order valence-corrected chi connectivity index (χ2v) is 4.22. The SMILES string of the molecule is C=C(C)C(=O)OCCOC(C)(CO)OC(C)C. The van der Waals surface area contributed by atoms with E-state index in [0.29, 0.717) is 5.57 Å². The van der Waals surface area contributed by atoms with Gasteiger partial charge in [0.1, 0.15) is 6.61 Å². The second-order valence-electron chi connectivity index (χ2n) is 4.22. The summed E-state index contributed by atoms with van der Waals surface area (Å²) in [7, 11) is 0. The van der Waals surface area contributed by atoms with E-state index >= 15 is 0 Å². The molecule has 5 heteroatoms. The zero-order chi connectivity index (χ0) is 13.5. The van der Waals surface area contributed by atoms with E-state index in [1.165, 1.54) is 0 Å². The van der Waals surface area contributed by atoms with E-state index in [-0.39, 0.29) is 25.9 Å². The molecule has 0 spiro atoms.